The molecule has 5 aliphatic rings. The van der Waals surface area contributed by atoms with E-state index >= 15 is 0 Å². The Hall–Kier alpha value is -1.40. The normalized spacial score (nSPS) is 45.9. The van der Waals surface area contributed by atoms with Crippen molar-refractivity contribution in [3.05, 3.63) is 11.6 Å². The summed E-state index contributed by atoms with van der Waals surface area (Å²) in [6.45, 7) is 22.7. The summed E-state index contributed by atoms with van der Waals surface area (Å²) in [7, 11) is 0. The van der Waals surface area contributed by atoms with Crippen molar-refractivity contribution in [2.75, 3.05) is 6.61 Å². The third kappa shape index (κ3) is 4.85. The first-order valence-electron chi connectivity index (χ1n) is 17.9. The van der Waals surface area contributed by atoms with Crippen LogP contribution in [0.25, 0.3) is 0 Å². The van der Waals surface area contributed by atoms with Crippen LogP contribution in [0.4, 0.5) is 0 Å². The van der Waals surface area contributed by atoms with E-state index in [1.165, 1.54) is 12.0 Å². The Kier molecular flexibility index (Phi) is 8.79. The maximum atomic E-state index is 14.3. The molecule has 0 aromatic rings. The van der Waals surface area contributed by atoms with Gasteiger partial charge in [-0.2, -0.15) is 0 Å². The van der Waals surface area contributed by atoms with Crippen molar-refractivity contribution in [3.63, 3.8) is 0 Å². The number of hydrogen-bond donors (Lipinski definition) is 2. The summed E-state index contributed by atoms with van der Waals surface area (Å²) in [6.07, 6.45) is 11.0. The van der Waals surface area contributed by atoms with Gasteiger partial charge in [-0.25, -0.2) is 0 Å². The molecule has 4 saturated carbocycles. The van der Waals surface area contributed by atoms with Crippen LogP contribution in [0, 0.1) is 62.6 Å². The molecule has 5 rings (SSSR count). The number of esters is 2. The largest absolute Gasteiger partial charge is 0.461 e. The van der Waals surface area contributed by atoms with Gasteiger partial charge < -0.3 is 20.3 Å². The molecule has 0 radical (unpaired) electrons. The maximum absolute atomic E-state index is 14.3. The van der Waals surface area contributed by atoms with Crippen LogP contribution in [0.2, 0.25) is 0 Å². The van der Waals surface area contributed by atoms with E-state index in [-0.39, 0.29) is 52.2 Å². The number of fused-ring (bicyclic) bond motifs is 7. The molecule has 44 heavy (non-hydrogen) atoms. The molecule has 0 amide bonds. The zero-order valence-electron chi connectivity index (χ0n) is 29.5. The van der Waals surface area contributed by atoms with Crippen LogP contribution in [0.1, 0.15) is 127 Å². The van der Waals surface area contributed by atoms with Crippen LogP contribution >= 0.6 is 0 Å². The van der Waals surface area contributed by atoms with Crippen LogP contribution in [0.5, 0.6) is 0 Å². The van der Waals surface area contributed by atoms with Crippen LogP contribution in [-0.2, 0) is 19.1 Å². The lowest BCUT2D eigenvalue weighted by Gasteiger charge is -2.71. The number of aliphatic hydroxyl groups excluding tert-OH is 1. The standard InChI is InChI=1S/C38H63NO5/c1-22(2)31(39)32(41)44-24(4)21-43-33(42)38-18-13-23(3)25(5)30(38)26-11-12-28-35(8)16-15-29(40)34(6,7)27(35)14-17-37(28,10)36(26,9)19-20-38/h11,22-25,27-31,40H,12-21,39H2,1-10H3/t23-,24?,25+,27?,28-,29+,30+,31+,35+,36-,37-,38+/m1/s1. The first-order chi connectivity index (χ1) is 20.4. The maximum Gasteiger partial charge on any atom is 0.323 e. The molecule has 5 aliphatic carbocycles. The third-order valence-electron chi connectivity index (χ3n) is 15.1. The van der Waals surface area contributed by atoms with E-state index in [0.29, 0.717) is 23.7 Å². The zero-order chi connectivity index (χ0) is 32.6. The lowest BCUT2D eigenvalue weighted by molar-refractivity contribution is -0.208. The molecule has 0 saturated heterocycles. The fraction of sp³-hybridized carbons (Fsp3) is 0.895. The molecule has 3 N–H and O–H groups in total. The minimum Gasteiger partial charge on any atom is -0.461 e. The lowest BCUT2D eigenvalue weighted by atomic mass is 9.33. The number of carbonyl (C=O) groups excluding carboxylic acids is 2. The van der Waals surface area contributed by atoms with Gasteiger partial charge >= 0.3 is 11.9 Å². The molecule has 250 valence electrons. The number of carbonyl (C=O) groups is 2. The number of aliphatic hydroxyl groups is 1. The van der Waals surface area contributed by atoms with Crippen molar-refractivity contribution in [2.24, 2.45) is 68.3 Å². The van der Waals surface area contributed by atoms with Crippen molar-refractivity contribution >= 4 is 11.9 Å². The van der Waals surface area contributed by atoms with Gasteiger partial charge in [0.15, 0.2) is 0 Å². The number of ether oxygens (including phenoxy) is 2. The average molecular weight is 614 g/mol. The van der Waals surface area contributed by atoms with E-state index in [0.717, 1.165) is 51.4 Å². The summed E-state index contributed by atoms with van der Waals surface area (Å²) in [5, 5.41) is 11.0. The van der Waals surface area contributed by atoms with Gasteiger partial charge in [0.2, 0.25) is 0 Å². The molecule has 0 aliphatic heterocycles. The van der Waals surface area contributed by atoms with E-state index in [1.54, 1.807) is 6.92 Å². The van der Waals surface area contributed by atoms with E-state index in [4.69, 9.17) is 15.2 Å². The molecule has 0 aromatic heterocycles. The van der Waals surface area contributed by atoms with E-state index < -0.39 is 23.5 Å². The molecular formula is C38H63NO5. The van der Waals surface area contributed by atoms with Gasteiger partial charge in [0.25, 0.3) is 0 Å². The average Bonchev–Trinajstić information content (AvgIpc) is 2.95. The first kappa shape index (κ1) is 33.9. The Morgan fingerprint density at radius 3 is 2.30 bits per heavy atom. The van der Waals surface area contributed by atoms with Crippen molar-refractivity contribution in [2.45, 2.75) is 145 Å². The highest BCUT2D eigenvalue weighted by Crippen LogP contribution is 2.75. The Bertz CT molecular complexity index is 1160. The molecule has 6 nitrogen and oxygen atoms in total. The van der Waals surface area contributed by atoms with Crippen LogP contribution < -0.4 is 5.73 Å². The van der Waals surface area contributed by atoms with Gasteiger partial charge in [-0.3, -0.25) is 9.59 Å². The Balaban J connectivity index is 1.44. The second-order valence-electron chi connectivity index (χ2n) is 17.8. The van der Waals surface area contributed by atoms with Gasteiger partial charge in [0, 0.05) is 0 Å². The van der Waals surface area contributed by atoms with Crippen molar-refractivity contribution in [1.82, 2.24) is 0 Å². The highest BCUT2D eigenvalue weighted by molar-refractivity contribution is 5.79. The van der Waals surface area contributed by atoms with Gasteiger partial charge in [-0.15, -0.1) is 0 Å². The first-order valence-corrected chi connectivity index (χ1v) is 17.9. The highest BCUT2D eigenvalue weighted by atomic mass is 16.6. The summed E-state index contributed by atoms with van der Waals surface area (Å²) in [6, 6.07) is -0.682. The van der Waals surface area contributed by atoms with Crippen LogP contribution in [0.15, 0.2) is 11.6 Å². The van der Waals surface area contributed by atoms with Crippen molar-refractivity contribution in [3.8, 4) is 0 Å². The minimum atomic E-state index is -0.682. The van der Waals surface area contributed by atoms with E-state index in [2.05, 4.69) is 54.5 Å². The van der Waals surface area contributed by atoms with Crippen molar-refractivity contribution < 1.29 is 24.2 Å². The minimum absolute atomic E-state index is 0.0155. The van der Waals surface area contributed by atoms with Gasteiger partial charge in [-0.05, 0) is 122 Å². The van der Waals surface area contributed by atoms with Gasteiger partial charge in [-0.1, -0.05) is 74.0 Å². The summed E-state index contributed by atoms with van der Waals surface area (Å²) in [5.41, 5.74) is 7.30. The lowest BCUT2D eigenvalue weighted by Crippen LogP contribution is -2.65. The second-order valence-corrected chi connectivity index (χ2v) is 17.8. The number of allylic oxidation sites excluding steroid dienone is 2. The highest BCUT2D eigenvalue weighted by Gasteiger charge is 2.69. The molecule has 6 heteroatoms. The predicted molar refractivity (Wildman–Crippen MR) is 174 cm³/mol. The molecule has 0 heterocycles. The molecule has 2 unspecified atom stereocenters. The Morgan fingerprint density at radius 1 is 0.955 bits per heavy atom. The number of nitrogens with two attached hydrogens (primary N) is 1. The molecular weight excluding hydrogens is 550 g/mol. The monoisotopic (exact) mass is 613 g/mol. The summed E-state index contributed by atoms with van der Waals surface area (Å²) < 4.78 is 11.6. The summed E-state index contributed by atoms with van der Waals surface area (Å²) >= 11 is 0. The SMILES string of the molecule is CC(COC(=O)[C@]12CC[C@@H](C)[C@H](C)[C@H]1C1=CC[C@@H]3[C@@]4(C)CC[C@H](O)C(C)(C)C4CC[C@@]3(C)[C@]1(C)CC2)OC(=O)[C@@H](N)C(C)C. The van der Waals surface area contributed by atoms with Gasteiger partial charge in [0.1, 0.15) is 18.8 Å². The molecule has 0 bridgehead atoms. The van der Waals surface area contributed by atoms with Crippen molar-refractivity contribution in [1.29, 1.82) is 0 Å². The molecule has 0 aromatic carbocycles. The topological polar surface area (TPSA) is 98.9 Å². The predicted octanol–water partition coefficient (Wildman–Crippen LogP) is 7.46. The fourth-order valence-corrected chi connectivity index (χ4v) is 11.8. The number of rotatable bonds is 6. The quantitative estimate of drug-likeness (QED) is 0.238. The molecule has 0 spiro atoms. The zero-order valence-corrected chi connectivity index (χ0v) is 29.5. The smallest absolute Gasteiger partial charge is 0.323 e. The van der Waals surface area contributed by atoms with Crippen LogP contribution in [0.3, 0.4) is 0 Å². The van der Waals surface area contributed by atoms with Crippen LogP contribution in [-0.4, -0.2) is 41.9 Å². The van der Waals surface area contributed by atoms with E-state index in [9.17, 15) is 14.7 Å². The van der Waals surface area contributed by atoms with E-state index in [1.807, 2.05) is 13.8 Å². The summed E-state index contributed by atoms with van der Waals surface area (Å²) in [5.74, 6) is 1.62. The second kappa shape index (κ2) is 11.4. The third-order valence-corrected chi connectivity index (χ3v) is 15.1. The van der Waals surface area contributed by atoms with Gasteiger partial charge in [0.05, 0.1) is 11.5 Å². The molecule has 12 atom stereocenters. The summed E-state index contributed by atoms with van der Waals surface area (Å²) in [4.78, 5) is 26.7. The Labute approximate surface area is 267 Å². The number of hydrogen-bond acceptors (Lipinski definition) is 6. The Morgan fingerprint density at radius 2 is 1.64 bits per heavy atom. The fourth-order valence-electron chi connectivity index (χ4n) is 11.8. The molecule has 4 fully saturated rings.